The van der Waals surface area contributed by atoms with Crippen LogP contribution in [-0.2, 0) is 0 Å². The van der Waals surface area contributed by atoms with Crippen molar-refractivity contribution < 1.29 is 5.11 Å². The van der Waals surface area contributed by atoms with Gasteiger partial charge >= 0.3 is 0 Å². The molecule has 0 bridgehead atoms. The highest BCUT2D eigenvalue weighted by Crippen LogP contribution is 2.26. The molecule has 76 valence electrons. The van der Waals surface area contributed by atoms with Gasteiger partial charge in [0.2, 0.25) is 0 Å². The summed E-state index contributed by atoms with van der Waals surface area (Å²) >= 11 is 0. The van der Waals surface area contributed by atoms with Crippen molar-refractivity contribution in [3.8, 4) is 0 Å². The fourth-order valence-corrected chi connectivity index (χ4v) is 1.67. The van der Waals surface area contributed by atoms with Gasteiger partial charge in [0, 0.05) is 12.7 Å². The second-order valence-corrected chi connectivity index (χ2v) is 3.86. The Bertz CT molecular complexity index is 310. The van der Waals surface area contributed by atoms with Crippen LogP contribution in [0.4, 0.5) is 5.82 Å². The van der Waals surface area contributed by atoms with Crippen LogP contribution in [0.15, 0.2) is 12.3 Å². The van der Waals surface area contributed by atoms with E-state index in [9.17, 15) is 0 Å². The summed E-state index contributed by atoms with van der Waals surface area (Å²) in [5, 5.41) is 12.4. The number of hydrogen-bond donors (Lipinski definition) is 2. The molecule has 14 heavy (non-hydrogen) atoms. The lowest BCUT2D eigenvalue weighted by Crippen LogP contribution is -2.33. The van der Waals surface area contributed by atoms with Gasteiger partial charge in [0.25, 0.3) is 0 Å². The van der Waals surface area contributed by atoms with E-state index in [0.717, 1.165) is 31.0 Å². The molecule has 4 heteroatoms. The fourth-order valence-electron chi connectivity index (χ4n) is 1.67. The summed E-state index contributed by atoms with van der Waals surface area (Å²) in [6.07, 6.45) is 3.50. The number of nitrogens with one attached hydrogen (secondary N) is 1. The molecule has 1 saturated carbocycles. The molecule has 0 radical (unpaired) electrons. The SMILES string of the molecule is Cc1nccc(NCC2CC(O)C2)n1. The van der Waals surface area contributed by atoms with E-state index in [0.29, 0.717) is 5.92 Å². The molecule has 0 unspecified atom stereocenters. The molecule has 0 saturated heterocycles. The van der Waals surface area contributed by atoms with E-state index in [4.69, 9.17) is 5.11 Å². The highest BCUT2D eigenvalue weighted by Gasteiger charge is 2.26. The molecular formula is C10H15N3O. The number of rotatable bonds is 3. The van der Waals surface area contributed by atoms with Crippen LogP contribution in [-0.4, -0.2) is 27.7 Å². The molecule has 1 aliphatic rings. The van der Waals surface area contributed by atoms with Crippen LogP contribution < -0.4 is 5.32 Å². The van der Waals surface area contributed by atoms with Gasteiger partial charge in [-0.25, -0.2) is 9.97 Å². The smallest absolute Gasteiger partial charge is 0.129 e. The first-order chi connectivity index (χ1) is 6.74. The number of hydrogen-bond acceptors (Lipinski definition) is 4. The Labute approximate surface area is 83.4 Å². The zero-order valence-electron chi connectivity index (χ0n) is 8.27. The fraction of sp³-hybridized carbons (Fsp3) is 0.600. The number of aryl methyl sites for hydroxylation is 1. The third-order valence-corrected chi connectivity index (χ3v) is 2.56. The average molecular weight is 193 g/mol. The lowest BCUT2D eigenvalue weighted by atomic mass is 9.82. The van der Waals surface area contributed by atoms with Crippen molar-refractivity contribution in [1.82, 2.24) is 9.97 Å². The Balaban J connectivity index is 1.80. The topological polar surface area (TPSA) is 58.0 Å². The first-order valence-corrected chi connectivity index (χ1v) is 4.95. The first kappa shape index (κ1) is 9.40. The summed E-state index contributed by atoms with van der Waals surface area (Å²) in [6.45, 7) is 2.77. The quantitative estimate of drug-likeness (QED) is 0.751. The third kappa shape index (κ3) is 2.20. The van der Waals surface area contributed by atoms with Crippen molar-refractivity contribution in [2.75, 3.05) is 11.9 Å². The summed E-state index contributed by atoms with van der Waals surface area (Å²) in [5.74, 6) is 2.25. The second kappa shape index (κ2) is 3.92. The van der Waals surface area contributed by atoms with Gasteiger partial charge in [-0.2, -0.15) is 0 Å². The molecule has 1 heterocycles. The highest BCUT2D eigenvalue weighted by molar-refractivity contribution is 5.32. The zero-order chi connectivity index (χ0) is 9.97. The maximum absolute atomic E-state index is 9.11. The van der Waals surface area contributed by atoms with Gasteiger partial charge in [0.15, 0.2) is 0 Å². The van der Waals surface area contributed by atoms with Crippen LogP contribution >= 0.6 is 0 Å². The number of aromatic nitrogens is 2. The number of aliphatic hydroxyl groups is 1. The van der Waals surface area contributed by atoms with Crippen molar-refractivity contribution in [1.29, 1.82) is 0 Å². The van der Waals surface area contributed by atoms with Gasteiger partial charge < -0.3 is 10.4 Å². The molecule has 0 aromatic carbocycles. The first-order valence-electron chi connectivity index (χ1n) is 4.95. The Hall–Kier alpha value is -1.16. The van der Waals surface area contributed by atoms with Crippen molar-refractivity contribution in [2.45, 2.75) is 25.9 Å². The van der Waals surface area contributed by atoms with E-state index in [2.05, 4.69) is 15.3 Å². The van der Waals surface area contributed by atoms with Gasteiger partial charge in [-0.3, -0.25) is 0 Å². The Morgan fingerprint density at radius 1 is 1.57 bits per heavy atom. The highest BCUT2D eigenvalue weighted by atomic mass is 16.3. The molecule has 2 rings (SSSR count). The average Bonchev–Trinajstić information content (AvgIpc) is 2.11. The Kier molecular flexibility index (Phi) is 2.63. The molecule has 0 aliphatic heterocycles. The minimum Gasteiger partial charge on any atom is -0.393 e. The van der Waals surface area contributed by atoms with Crippen LogP contribution in [0.1, 0.15) is 18.7 Å². The molecule has 1 aliphatic carbocycles. The van der Waals surface area contributed by atoms with Gasteiger partial charge in [-0.05, 0) is 31.7 Å². The molecule has 4 nitrogen and oxygen atoms in total. The summed E-state index contributed by atoms with van der Waals surface area (Å²) in [5.41, 5.74) is 0. The van der Waals surface area contributed by atoms with Gasteiger partial charge in [0.05, 0.1) is 6.10 Å². The summed E-state index contributed by atoms with van der Waals surface area (Å²) in [7, 11) is 0. The minimum atomic E-state index is -0.0751. The monoisotopic (exact) mass is 193 g/mol. The number of anilines is 1. The molecule has 2 N–H and O–H groups in total. The number of nitrogens with zero attached hydrogens (tertiary/aromatic N) is 2. The maximum atomic E-state index is 9.11. The van der Waals surface area contributed by atoms with Crippen LogP contribution in [0, 0.1) is 12.8 Å². The molecule has 0 atom stereocenters. The van der Waals surface area contributed by atoms with Gasteiger partial charge in [0.1, 0.15) is 11.6 Å². The van der Waals surface area contributed by atoms with Crippen LogP contribution in [0.2, 0.25) is 0 Å². The second-order valence-electron chi connectivity index (χ2n) is 3.86. The van der Waals surface area contributed by atoms with Crippen LogP contribution in [0.5, 0.6) is 0 Å². The molecular weight excluding hydrogens is 178 g/mol. The summed E-state index contributed by atoms with van der Waals surface area (Å²) in [4.78, 5) is 8.26. The van der Waals surface area contributed by atoms with Gasteiger partial charge in [-0.15, -0.1) is 0 Å². The van der Waals surface area contributed by atoms with E-state index < -0.39 is 0 Å². The standard InChI is InChI=1S/C10H15N3O/c1-7-11-3-2-10(13-7)12-6-8-4-9(14)5-8/h2-3,8-9,14H,4-6H2,1H3,(H,11,12,13). The normalized spacial score (nSPS) is 25.6. The third-order valence-electron chi connectivity index (χ3n) is 2.56. The zero-order valence-corrected chi connectivity index (χ0v) is 8.27. The van der Waals surface area contributed by atoms with E-state index in [1.165, 1.54) is 0 Å². The van der Waals surface area contributed by atoms with Crippen molar-refractivity contribution in [3.63, 3.8) is 0 Å². The van der Waals surface area contributed by atoms with E-state index in [1.54, 1.807) is 6.20 Å². The largest absolute Gasteiger partial charge is 0.393 e. The molecule has 1 aromatic heterocycles. The van der Waals surface area contributed by atoms with Gasteiger partial charge in [-0.1, -0.05) is 0 Å². The van der Waals surface area contributed by atoms with Crippen molar-refractivity contribution in [3.05, 3.63) is 18.1 Å². The van der Waals surface area contributed by atoms with E-state index >= 15 is 0 Å². The molecule has 0 amide bonds. The maximum Gasteiger partial charge on any atom is 0.129 e. The van der Waals surface area contributed by atoms with Crippen LogP contribution in [0.25, 0.3) is 0 Å². The lowest BCUT2D eigenvalue weighted by Gasteiger charge is -2.31. The van der Waals surface area contributed by atoms with Crippen LogP contribution in [0.3, 0.4) is 0 Å². The number of aliphatic hydroxyl groups excluding tert-OH is 1. The lowest BCUT2D eigenvalue weighted by molar-refractivity contribution is 0.0486. The van der Waals surface area contributed by atoms with E-state index in [1.807, 2.05) is 13.0 Å². The molecule has 1 aromatic rings. The summed E-state index contributed by atoms with van der Waals surface area (Å²) in [6, 6.07) is 1.86. The predicted octanol–water partition coefficient (Wildman–Crippen LogP) is 0.968. The van der Waals surface area contributed by atoms with E-state index in [-0.39, 0.29) is 6.10 Å². The molecule has 0 spiro atoms. The van der Waals surface area contributed by atoms with Crippen molar-refractivity contribution >= 4 is 5.82 Å². The Morgan fingerprint density at radius 2 is 2.36 bits per heavy atom. The predicted molar refractivity (Wildman–Crippen MR) is 54.0 cm³/mol. The Morgan fingerprint density at radius 3 is 3.00 bits per heavy atom. The minimum absolute atomic E-state index is 0.0751. The summed E-state index contributed by atoms with van der Waals surface area (Å²) < 4.78 is 0. The van der Waals surface area contributed by atoms with Crippen molar-refractivity contribution in [2.24, 2.45) is 5.92 Å². The molecule has 1 fully saturated rings.